The summed E-state index contributed by atoms with van der Waals surface area (Å²) in [5.41, 5.74) is -1.36. The predicted molar refractivity (Wildman–Crippen MR) is 89.3 cm³/mol. The van der Waals surface area contributed by atoms with E-state index in [1.807, 2.05) is 13.8 Å². The third-order valence-electron chi connectivity index (χ3n) is 8.93. The molecule has 2 spiro atoms. The molecule has 6 rings (SSSR count). The summed E-state index contributed by atoms with van der Waals surface area (Å²) in [5.74, 6) is -2.16. The van der Waals surface area contributed by atoms with Gasteiger partial charge in [-0.25, -0.2) is 0 Å². The second kappa shape index (κ2) is 4.38. The van der Waals surface area contributed by atoms with Crippen molar-refractivity contribution in [3.8, 4) is 0 Å². The van der Waals surface area contributed by atoms with Crippen molar-refractivity contribution in [1.29, 1.82) is 0 Å². The minimum absolute atomic E-state index is 0.0121. The van der Waals surface area contributed by atoms with Gasteiger partial charge >= 0.3 is 0 Å². The molecule has 4 bridgehead atoms. The maximum Gasteiger partial charge on any atom is 0.205 e. The third kappa shape index (κ3) is 1.44. The lowest BCUT2D eigenvalue weighted by molar-refractivity contribution is -0.442. The first kappa shape index (κ1) is 16.4. The first-order valence-corrected chi connectivity index (χ1v) is 9.59. The highest BCUT2D eigenvalue weighted by atomic mass is 16.6. The van der Waals surface area contributed by atoms with Crippen molar-refractivity contribution >= 4 is 5.78 Å². The summed E-state index contributed by atoms with van der Waals surface area (Å²) in [5, 5.41) is 33.5. The first-order chi connectivity index (χ1) is 11.6. The van der Waals surface area contributed by atoms with Gasteiger partial charge in [0.25, 0.3) is 0 Å². The van der Waals surface area contributed by atoms with Crippen molar-refractivity contribution in [2.75, 3.05) is 6.61 Å². The number of aliphatic hydroxyl groups excluding tert-OH is 2. The lowest BCUT2D eigenvalue weighted by Crippen LogP contribution is -2.82. The van der Waals surface area contributed by atoms with Gasteiger partial charge in [0, 0.05) is 11.3 Å². The number of hydrogen-bond donors (Lipinski definition) is 3. The Hall–Kier alpha value is -0.750. The fraction of sp³-hybridized carbons (Fsp3) is 0.850. The van der Waals surface area contributed by atoms with Crippen molar-refractivity contribution in [2.24, 2.45) is 34.0 Å². The SMILES string of the molecule is C=C1C(=O)[C@]23C[C@H]1CC[C@H]2[C@]12CC[C@@H](O)C(C)(C)[C@H]1[C@H](O)[C@]3(O)OC2. The molecule has 0 unspecified atom stereocenters. The summed E-state index contributed by atoms with van der Waals surface area (Å²) in [7, 11) is 0. The Bertz CT molecular complexity index is 682. The Morgan fingerprint density at radius 1 is 1.20 bits per heavy atom. The highest BCUT2D eigenvalue weighted by Gasteiger charge is 2.83. The smallest absolute Gasteiger partial charge is 0.205 e. The molecular formula is C20H28O5. The van der Waals surface area contributed by atoms with Crippen molar-refractivity contribution in [3.63, 3.8) is 0 Å². The second-order valence-electron chi connectivity index (χ2n) is 9.87. The third-order valence-corrected chi connectivity index (χ3v) is 8.93. The van der Waals surface area contributed by atoms with Crippen molar-refractivity contribution in [2.45, 2.75) is 63.9 Å². The molecule has 5 nitrogen and oxygen atoms in total. The molecule has 8 atom stereocenters. The van der Waals surface area contributed by atoms with Crippen LogP contribution < -0.4 is 0 Å². The summed E-state index contributed by atoms with van der Waals surface area (Å²) in [6, 6.07) is 0. The number of fused-ring (bicyclic) bond motifs is 2. The average Bonchev–Trinajstić information content (AvgIpc) is 2.76. The van der Waals surface area contributed by atoms with Crippen LogP contribution in [-0.2, 0) is 9.53 Å². The van der Waals surface area contributed by atoms with Crippen LogP contribution >= 0.6 is 0 Å². The van der Waals surface area contributed by atoms with Crippen LogP contribution in [-0.4, -0.2) is 45.7 Å². The first-order valence-electron chi connectivity index (χ1n) is 9.59. The standard InChI is InChI=1S/C20H28O5/c1-10-11-4-5-12-18-7-6-13(21)17(2,3)14(18)16(23)20(24,25-9-18)19(12,8-11)15(10)22/h11-14,16,21,23-24H,1,4-9H2,2-3H3/t11-,12+,13-,14-,16+,18-,19+,20+/m1/s1. The van der Waals surface area contributed by atoms with E-state index >= 15 is 0 Å². The van der Waals surface area contributed by atoms with E-state index in [9.17, 15) is 20.1 Å². The predicted octanol–water partition coefficient (Wildman–Crippen LogP) is 1.40. The number of rotatable bonds is 0. The number of hydrogen-bond acceptors (Lipinski definition) is 5. The van der Waals surface area contributed by atoms with Crippen LogP contribution in [0.4, 0.5) is 0 Å². The van der Waals surface area contributed by atoms with E-state index in [1.54, 1.807) is 0 Å². The number of carbonyl (C=O) groups excluding carboxylic acids is 1. The summed E-state index contributed by atoms with van der Waals surface area (Å²) in [4.78, 5) is 13.3. The number of Topliss-reactive ketones (excluding diaryl/α,β-unsaturated/α-hetero) is 1. The molecule has 6 fully saturated rings. The second-order valence-corrected chi connectivity index (χ2v) is 9.87. The molecule has 2 aliphatic heterocycles. The van der Waals surface area contributed by atoms with E-state index in [2.05, 4.69) is 6.58 Å². The Morgan fingerprint density at radius 2 is 1.92 bits per heavy atom. The number of ether oxygens (including phenoxy) is 1. The molecule has 4 aliphatic carbocycles. The van der Waals surface area contributed by atoms with Crippen LogP contribution in [0.25, 0.3) is 0 Å². The molecule has 0 aromatic rings. The summed E-state index contributed by atoms with van der Waals surface area (Å²) in [6.45, 7) is 8.32. The molecule has 0 amide bonds. The van der Waals surface area contributed by atoms with E-state index in [-0.39, 0.29) is 29.0 Å². The monoisotopic (exact) mass is 348 g/mol. The minimum Gasteiger partial charge on any atom is -0.393 e. The summed E-state index contributed by atoms with van der Waals surface area (Å²) < 4.78 is 5.94. The molecule has 4 saturated carbocycles. The van der Waals surface area contributed by atoms with Crippen LogP contribution in [0.1, 0.15) is 46.0 Å². The van der Waals surface area contributed by atoms with Gasteiger partial charge in [-0.05, 0) is 54.9 Å². The van der Waals surface area contributed by atoms with Crippen molar-refractivity contribution < 1.29 is 24.9 Å². The van der Waals surface area contributed by atoms with Gasteiger partial charge in [-0.3, -0.25) is 4.79 Å². The zero-order valence-corrected chi connectivity index (χ0v) is 15.0. The molecule has 0 aromatic heterocycles. The topological polar surface area (TPSA) is 87.0 Å². The molecular weight excluding hydrogens is 320 g/mol. The molecule has 2 heterocycles. The van der Waals surface area contributed by atoms with Gasteiger partial charge in [0.1, 0.15) is 6.10 Å². The van der Waals surface area contributed by atoms with Gasteiger partial charge in [-0.2, -0.15) is 0 Å². The van der Waals surface area contributed by atoms with E-state index in [0.717, 1.165) is 19.3 Å². The van der Waals surface area contributed by atoms with Gasteiger partial charge in [-0.15, -0.1) is 0 Å². The lowest BCUT2D eigenvalue weighted by Gasteiger charge is -2.73. The highest BCUT2D eigenvalue weighted by Crippen LogP contribution is 2.76. The molecule has 138 valence electrons. The van der Waals surface area contributed by atoms with Gasteiger partial charge in [0.05, 0.1) is 18.1 Å². The molecule has 6 aliphatic rings. The minimum atomic E-state index is -1.87. The Labute approximate surface area is 148 Å². The highest BCUT2D eigenvalue weighted by molar-refractivity contribution is 6.04. The zero-order chi connectivity index (χ0) is 18.0. The fourth-order valence-corrected chi connectivity index (χ4v) is 7.81. The van der Waals surface area contributed by atoms with E-state index in [1.165, 1.54) is 0 Å². The normalized spacial score (nSPS) is 58.8. The van der Waals surface area contributed by atoms with Crippen molar-refractivity contribution in [1.82, 2.24) is 0 Å². The van der Waals surface area contributed by atoms with Crippen LogP contribution in [0.5, 0.6) is 0 Å². The molecule has 3 N–H and O–H groups in total. The number of allylic oxidation sites excluding steroid dienone is 1. The van der Waals surface area contributed by atoms with E-state index in [0.29, 0.717) is 25.0 Å². The lowest BCUT2D eigenvalue weighted by atomic mass is 9.36. The average molecular weight is 348 g/mol. The van der Waals surface area contributed by atoms with Crippen molar-refractivity contribution in [3.05, 3.63) is 12.2 Å². The molecule has 25 heavy (non-hydrogen) atoms. The number of aliphatic hydroxyl groups is 3. The fourth-order valence-electron chi connectivity index (χ4n) is 7.81. The van der Waals surface area contributed by atoms with Gasteiger partial charge in [0.15, 0.2) is 5.78 Å². The van der Waals surface area contributed by atoms with Gasteiger partial charge in [0.2, 0.25) is 5.79 Å². The van der Waals surface area contributed by atoms with Crippen LogP contribution in [0.2, 0.25) is 0 Å². The summed E-state index contributed by atoms with van der Waals surface area (Å²) >= 11 is 0. The molecule has 0 aromatic carbocycles. The Kier molecular flexibility index (Phi) is 2.88. The maximum atomic E-state index is 13.3. The molecule has 5 heteroatoms. The quantitative estimate of drug-likeness (QED) is 0.576. The van der Waals surface area contributed by atoms with Crippen LogP contribution in [0.15, 0.2) is 12.2 Å². The Morgan fingerprint density at radius 3 is 2.64 bits per heavy atom. The Balaban J connectivity index is 1.75. The number of carbonyl (C=O) groups is 1. The molecule has 2 saturated heterocycles. The van der Waals surface area contributed by atoms with E-state index < -0.39 is 28.8 Å². The van der Waals surface area contributed by atoms with E-state index in [4.69, 9.17) is 4.74 Å². The largest absolute Gasteiger partial charge is 0.393 e. The summed E-state index contributed by atoms with van der Waals surface area (Å²) in [6.07, 6.45) is 1.99. The molecule has 0 radical (unpaired) electrons. The number of ketones is 1. The van der Waals surface area contributed by atoms with Crippen LogP contribution in [0.3, 0.4) is 0 Å². The van der Waals surface area contributed by atoms with Gasteiger partial charge < -0.3 is 20.1 Å². The maximum absolute atomic E-state index is 13.3. The van der Waals surface area contributed by atoms with Crippen LogP contribution in [0, 0.1) is 34.0 Å². The van der Waals surface area contributed by atoms with Gasteiger partial charge in [-0.1, -0.05) is 20.4 Å². The zero-order valence-electron chi connectivity index (χ0n) is 15.0.